The highest BCUT2D eigenvalue weighted by atomic mass is 79.9. The molecule has 0 bridgehead atoms. The molecule has 0 saturated heterocycles. The molecule has 0 aliphatic heterocycles. The fourth-order valence-electron chi connectivity index (χ4n) is 1.40. The van der Waals surface area contributed by atoms with Crippen LogP contribution < -0.4 is 11.2 Å². The number of halogens is 2. The number of aromatic nitrogens is 2. The van der Waals surface area contributed by atoms with Gasteiger partial charge in [0.05, 0.1) is 16.7 Å². The summed E-state index contributed by atoms with van der Waals surface area (Å²) in [6.45, 7) is 0.709. The van der Waals surface area contributed by atoms with Crippen molar-refractivity contribution in [3.05, 3.63) is 34.2 Å². The van der Waals surface area contributed by atoms with Crippen LogP contribution in [0.1, 0.15) is 5.69 Å². The Hall–Kier alpha value is -1.49. The molecule has 0 aliphatic carbocycles. The highest BCUT2D eigenvalue weighted by Crippen LogP contribution is 2.24. The predicted molar refractivity (Wildman–Crippen MR) is 78.0 cm³/mol. The topological polar surface area (TPSA) is 111 Å². The van der Waals surface area contributed by atoms with E-state index in [1.54, 1.807) is 0 Å². The van der Waals surface area contributed by atoms with E-state index in [9.17, 15) is 9.60 Å². The van der Waals surface area contributed by atoms with Crippen LogP contribution in [0.5, 0.6) is 0 Å². The van der Waals surface area contributed by atoms with Gasteiger partial charge in [-0.2, -0.15) is 0 Å². The molecule has 112 valence electrons. The van der Waals surface area contributed by atoms with Crippen LogP contribution in [0, 0.1) is 5.82 Å². The Morgan fingerprint density at radius 3 is 3.00 bits per heavy atom. The molecule has 0 fully saturated rings. The predicted octanol–water partition coefficient (Wildman–Crippen LogP) is 1.36. The lowest BCUT2D eigenvalue weighted by Crippen LogP contribution is -2.51. The highest BCUT2D eigenvalue weighted by Gasteiger charge is 2.17. The number of quaternary nitrogens is 1. The molecule has 2 rings (SSSR count). The summed E-state index contributed by atoms with van der Waals surface area (Å²) in [5, 5.41) is 17.2. The van der Waals surface area contributed by atoms with E-state index in [1.807, 2.05) is 5.48 Å². The molecule has 0 amide bonds. The number of hydroxylamine groups is 1. The minimum Gasteiger partial charge on any atom is -0.357 e. The van der Waals surface area contributed by atoms with E-state index >= 15 is 0 Å². The lowest BCUT2D eigenvalue weighted by atomic mass is 10.3. The molecule has 0 atom stereocenters. The van der Waals surface area contributed by atoms with E-state index in [4.69, 9.17) is 0 Å². The lowest BCUT2D eigenvalue weighted by Gasteiger charge is -2.03. The van der Waals surface area contributed by atoms with Gasteiger partial charge >= 0.3 is 0 Å². The molecule has 1 heterocycles. The Kier molecular flexibility index (Phi) is 5.67. The van der Waals surface area contributed by atoms with Crippen molar-refractivity contribution in [2.45, 2.75) is 5.03 Å². The second-order valence-corrected chi connectivity index (χ2v) is 5.73. The first-order chi connectivity index (χ1) is 10.2. The molecule has 1 aromatic heterocycles. The quantitative estimate of drug-likeness (QED) is 0.314. The molecule has 1 aromatic carbocycles. The van der Waals surface area contributed by atoms with Crippen LogP contribution in [0.15, 0.2) is 37.3 Å². The molecule has 0 radical (unpaired) electrons. The Balaban J connectivity index is 2.32. The first-order valence-corrected chi connectivity index (χ1v) is 7.62. The first kappa shape index (κ1) is 15.9. The van der Waals surface area contributed by atoms with Crippen molar-refractivity contribution in [2.75, 3.05) is 12.3 Å². The number of amidine groups is 1. The van der Waals surface area contributed by atoms with Gasteiger partial charge in [-0.1, -0.05) is 11.8 Å². The molecule has 0 spiro atoms. The fourth-order valence-corrected chi connectivity index (χ4v) is 2.46. The minimum atomic E-state index is -0.401. The van der Waals surface area contributed by atoms with Crippen molar-refractivity contribution in [3.63, 3.8) is 0 Å². The van der Waals surface area contributed by atoms with Gasteiger partial charge in [-0.05, 0) is 44.4 Å². The normalized spacial score (nSPS) is 11.7. The van der Waals surface area contributed by atoms with Gasteiger partial charge in [-0.15, -0.1) is 0 Å². The summed E-state index contributed by atoms with van der Waals surface area (Å²) in [4.78, 5) is 4.16. The zero-order valence-electron chi connectivity index (χ0n) is 10.7. The average molecular weight is 377 g/mol. The van der Waals surface area contributed by atoms with Gasteiger partial charge in [-0.25, -0.2) is 14.0 Å². The van der Waals surface area contributed by atoms with Crippen LogP contribution in [0.4, 0.5) is 10.1 Å². The third-order valence-corrected chi connectivity index (χ3v) is 3.96. The maximum Gasteiger partial charge on any atom is 0.186 e. The summed E-state index contributed by atoms with van der Waals surface area (Å²) in [6.07, 6.45) is 0. The monoisotopic (exact) mass is 376 g/mol. The number of hydrogen-bond acceptors (Lipinski definition) is 6. The number of benzene rings is 1. The van der Waals surface area contributed by atoms with E-state index < -0.39 is 5.82 Å². The number of thioether (sulfide) groups is 1. The Morgan fingerprint density at radius 2 is 2.33 bits per heavy atom. The van der Waals surface area contributed by atoms with Crippen LogP contribution >= 0.6 is 27.7 Å². The van der Waals surface area contributed by atoms with Crippen molar-refractivity contribution in [3.8, 4) is 0 Å². The molecule has 0 unspecified atom stereocenters. The molecule has 21 heavy (non-hydrogen) atoms. The summed E-state index contributed by atoms with van der Waals surface area (Å²) in [5.41, 5.74) is 6.38. The van der Waals surface area contributed by atoms with Gasteiger partial charge in [0.15, 0.2) is 16.6 Å². The molecule has 0 saturated carbocycles. The second kappa shape index (κ2) is 7.50. The highest BCUT2D eigenvalue weighted by molar-refractivity contribution is 9.10. The number of hydrogen-bond donors (Lipinski definition) is 3. The van der Waals surface area contributed by atoms with Gasteiger partial charge in [0, 0.05) is 5.75 Å². The van der Waals surface area contributed by atoms with Crippen molar-refractivity contribution in [1.29, 1.82) is 0 Å². The van der Waals surface area contributed by atoms with Gasteiger partial charge in [-0.3, -0.25) is 10.7 Å². The molecule has 2 aromatic rings. The molecule has 10 heteroatoms. The Bertz CT molecular complexity index is 651. The average Bonchev–Trinajstić information content (AvgIpc) is 2.94. The van der Waals surface area contributed by atoms with E-state index in [2.05, 4.69) is 41.6 Å². The molecule has 5 N–H and O–H groups in total. The lowest BCUT2D eigenvalue weighted by molar-refractivity contribution is -0.360. The zero-order valence-corrected chi connectivity index (χ0v) is 13.1. The van der Waals surface area contributed by atoms with Crippen LogP contribution in [-0.4, -0.2) is 33.7 Å². The minimum absolute atomic E-state index is 0.0568. The SMILES string of the molecule is [NH3+]CCSc1nonc1C(=Nc1ccc(F)c(Br)c1)NO. The Morgan fingerprint density at radius 1 is 1.52 bits per heavy atom. The number of nitrogens with one attached hydrogen (secondary N) is 1. The maximum absolute atomic E-state index is 13.2. The molecule has 7 nitrogen and oxygen atoms in total. The number of rotatable bonds is 5. The van der Waals surface area contributed by atoms with Gasteiger partial charge in [0.1, 0.15) is 5.82 Å². The van der Waals surface area contributed by atoms with E-state index in [0.29, 0.717) is 17.3 Å². The Labute approximate surface area is 131 Å². The van der Waals surface area contributed by atoms with Gasteiger partial charge < -0.3 is 5.73 Å². The van der Waals surface area contributed by atoms with Crippen molar-refractivity contribution < 1.29 is 20.0 Å². The summed E-state index contributed by atoms with van der Waals surface area (Å²) in [5.74, 6) is 0.380. The molecular weight excluding hydrogens is 365 g/mol. The van der Waals surface area contributed by atoms with Crippen molar-refractivity contribution in [2.24, 2.45) is 4.99 Å². The standard InChI is InChI=1S/C11H11BrFN5O2S/c12-7-5-6(1-2-8(7)13)15-10(16-19)9-11(18-20-17-9)21-4-3-14/h1-2,5,19H,3-4,14H2,(H,15,16)/p+1. The van der Waals surface area contributed by atoms with Crippen molar-refractivity contribution in [1.82, 2.24) is 15.8 Å². The number of aliphatic imine (C=N–C) groups is 1. The van der Waals surface area contributed by atoms with Crippen LogP contribution in [0.2, 0.25) is 0 Å². The first-order valence-electron chi connectivity index (χ1n) is 5.84. The van der Waals surface area contributed by atoms with Crippen LogP contribution in [-0.2, 0) is 0 Å². The maximum atomic E-state index is 13.2. The molecule has 0 aliphatic rings. The van der Waals surface area contributed by atoms with E-state index in [0.717, 1.165) is 5.75 Å². The summed E-state index contributed by atoms with van der Waals surface area (Å²) in [6, 6.07) is 4.20. The second-order valence-electron chi connectivity index (χ2n) is 3.79. The van der Waals surface area contributed by atoms with Gasteiger partial charge in [0.2, 0.25) is 0 Å². The third-order valence-electron chi connectivity index (χ3n) is 2.32. The van der Waals surface area contributed by atoms with Crippen LogP contribution in [0.25, 0.3) is 0 Å². The summed E-state index contributed by atoms with van der Waals surface area (Å²) < 4.78 is 18.1. The van der Waals surface area contributed by atoms with E-state index in [1.165, 1.54) is 30.0 Å². The largest absolute Gasteiger partial charge is 0.357 e. The summed E-state index contributed by atoms with van der Waals surface area (Å²) >= 11 is 4.45. The fraction of sp³-hybridized carbons (Fsp3) is 0.182. The van der Waals surface area contributed by atoms with Gasteiger partial charge in [0.25, 0.3) is 0 Å². The molecular formula is C11H12BrFN5O2S+. The smallest absolute Gasteiger partial charge is 0.186 e. The van der Waals surface area contributed by atoms with Crippen molar-refractivity contribution >= 4 is 39.2 Å². The number of nitrogens with zero attached hydrogens (tertiary/aromatic N) is 3. The zero-order chi connectivity index (χ0) is 15.2. The van der Waals surface area contributed by atoms with E-state index in [-0.39, 0.29) is 16.0 Å². The summed E-state index contributed by atoms with van der Waals surface area (Å²) in [7, 11) is 0. The third kappa shape index (κ3) is 4.00. The van der Waals surface area contributed by atoms with Crippen LogP contribution in [0.3, 0.4) is 0 Å².